The second-order valence-corrected chi connectivity index (χ2v) is 11.1. The van der Waals surface area contributed by atoms with Gasteiger partial charge in [-0.1, -0.05) is 48.3 Å². The Kier molecular flexibility index (Phi) is 9.91. The number of pyridine rings is 1. The Bertz CT molecular complexity index is 1340. The van der Waals surface area contributed by atoms with Crippen molar-refractivity contribution >= 4 is 56.3 Å². The fourth-order valence-electron chi connectivity index (χ4n) is 3.58. The lowest BCUT2D eigenvalue weighted by atomic mass is 10.0. The monoisotopic (exact) mass is 563 g/mol. The lowest BCUT2D eigenvalue weighted by Crippen LogP contribution is -2.33. The third-order valence-corrected chi connectivity index (χ3v) is 7.80. The molecule has 0 bridgehead atoms. The normalized spacial score (nSPS) is 12.0. The van der Waals surface area contributed by atoms with Crippen LogP contribution in [0.3, 0.4) is 0 Å². The van der Waals surface area contributed by atoms with Crippen LogP contribution >= 0.6 is 23.2 Å². The van der Waals surface area contributed by atoms with E-state index in [4.69, 9.17) is 27.9 Å². The topological polar surface area (TPSA) is 114 Å². The predicted molar refractivity (Wildman–Crippen MR) is 145 cm³/mol. The highest BCUT2D eigenvalue weighted by Crippen LogP contribution is 2.24. The average Bonchev–Trinajstić information content (AvgIpc) is 2.85. The van der Waals surface area contributed by atoms with E-state index < -0.39 is 27.8 Å². The van der Waals surface area contributed by atoms with Crippen molar-refractivity contribution in [1.29, 1.82) is 0 Å². The molecular weight excluding hydrogens is 537 g/mol. The Hall–Kier alpha value is -3.14. The number of hydrogen-bond donors (Lipinski definition) is 2. The van der Waals surface area contributed by atoms with Crippen molar-refractivity contribution in [3.8, 4) is 0 Å². The van der Waals surface area contributed by atoms with Crippen LogP contribution in [-0.2, 0) is 25.8 Å². The Morgan fingerprint density at radius 2 is 1.68 bits per heavy atom. The number of carbonyl (C=O) groups excluding carboxylic acids is 2. The van der Waals surface area contributed by atoms with E-state index in [0.29, 0.717) is 17.8 Å². The molecule has 1 amide bonds. The van der Waals surface area contributed by atoms with E-state index >= 15 is 0 Å². The maximum absolute atomic E-state index is 12.7. The summed E-state index contributed by atoms with van der Waals surface area (Å²) in [4.78, 5) is 29.3. The molecule has 11 heteroatoms. The number of anilines is 2. The second kappa shape index (κ2) is 12.9. The summed E-state index contributed by atoms with van der Waals surface area (Å²) < 4.78 is 30.2. The molecule has 1 atom stereocenters. The van der Waals surface area contributed by atoms with E-state index in [0.717, 1.165) is 5.56 Å². The molecule has 1 unspecified atom stereocenters. The van der Waals surface area contributed by atoms with Gasteiger partial charge in [0, 0.05) is 30.2 Å². The molecule has 2 aromatic carbocycles. The van der Waals surface area contributed by atoms with Gasteiger partial charge in [-0.05, 0) is 49.2 Å². The third-order valence-electron chi connectivity index (χ3n) is 5.31. The van der Waals surface area contributed by atoms with E-state index in [1.54, 1.807) is 50.2 Å². The fourth-order valence-corrected chi connectivity index (χ4v) is 5.49. The second-order valence-electron chi connectivity index (χ2n) is 8.13. The maximum atomic E-state index is 12.7. The van der Waals surface area contributed by atoms with Crippen molar-refractivity contribution in [3.63, 3.8) is 0 Å². The third kappa shape index (κ3) is 7.67. The molecule has 3 rings (SSSR count). The Balaban J connectivity index is 1.75. The first-order chi connectivity index (χ1) is 17.6. The molecule has 196 valence electrons. The van der Waals surface area contributed by atoms with E-state index in [1.807, 2.05) is 0 Å². The summed E-state index contributed by atoms with van der Waals surface area (Å²) in [5.74, 6) is -0.905. The Morgan fingerprint density at radius 3 is 2.30 bits per heavy atom. The van der Waals surface area contributed by atoms with Crippen molar-refractivity contribution in [2.75, 3.05) is 23.0 Å². The number of benzene rings is 2. The maximum Gasteiger partial charge on any atom is 0.328 e. The summed E-state index contributed by atoms with van der Waals surface area (Å²) in [5.41, 5.74) is 1.91. The number of ether oxygens (including phenoxy) is 1. The van der Waals surface area contributed by atoms with Crippen molar-refractivity contribution < 1.29 is 22.7 Å². The van der Waals surface area contributed by atoms with Crippen LogP contribution in [0.1, 0.15) is 36.2 Å². The molecule has 0 spiro atoms. The summed E-state index contributed by atoms with van der Waals surface area (Å²) >= 11 is 12.1. The van der Waals surface area contributed by atoms with Gasteiger partial charge >= 0.3 is 5.97 Å². The summed E-state index contributed by atoms with van der Waals surface area (Å²) in [7, 11) is -3.41. The van der Waals surface area contributed by atoms with Gasteiger partial charge in [0.05, 0.1) is 32.9 Å². The van der Waals surface area contributed by atoms with Gasteiger partial charge in [0.2, 0.25) is 0 Å². The number of sulfone groups is 1. The first-order valence-electron chi connectivity index (χ1n) is 11.6. The molecule has 0 fully saturated rings. The zero-order valence-electron chi connectivity index (χ0n) is 20.3. The van der Waals surface area contributed by atoms with Crippen molar-refractivity contribution in [1.82, 2.24) is 4.98 Å². The zero-order chi connectivity index (χ0) is 27.0. The molecule has 0 saturated heterocycles. The number of carbonyl (C=O) groups is 2. The van der Waals surface area contributed by atoms with Crippen LogP contribution in [-0.4, -0.2) is 43.7 Å². The minimum absolute atomic E-state index is 0.0419. The summed E-state index contributed by atoms with van der Waals surface area (Å²) in [6.07, 6.45) is 3.44. The van der Waals surface area contributed by atoms with Crippen molar-refractivity contribution in [3.05, 3.63) is 82.1 Å². The van der Waals surface area contributed by atoms with Crippen molar-refractivity contribution in [2.24, 2.45) is 0 Å². The molecule has 0 radical (unpaired) electrons. The lowest BCUT2D eigenvalue weighted by molar-refractivity contribution is -0.144. The molecule has 8 nitrogen and oxygen atoms in total. The highest BCUT2D eigenvalue weighted by Gasteiger charge is 2.22. The standard InChI is InChI=1S/C26H27Cl2N3O5S/c1-3-12-37(34,35)20-7-5-6-19(14-20)30-23(26(33)36-4-2)13-17-8-10-18(11-9-17)31-25(32)24-21(27)15-29-16-22(24)28/h5-11,14-16,23,30H,3-4,12-13H2,1-2H3,(H,31,32). The number of nitrogens with one attached hydrogen (secondary N) is 2. The molecule has 1 heterocycles. The highest BCUT2D eigenvalue weighted by atomic mass is 35.5. The van der Waals surface area contributed by atoms with Gasteiger partial charge < -0.3 is 15.4 Å². The van der Waals surface area contributed by atoms with Crippen LogP contribution in [0, 0.1) is 0 Å². The molecule has 0 aliphatic carbocycles. The van der Waals surface area contributed by atoms with Gasteiger partial charge in [-0.15, -0.1) is 0 Å². The number of rotatable bonds is 11. The quantitative estimate of drug-likeness (QED) is 0.299. The number of amides is 1. The average molecular weight is 564 g/mol. The van der Waals surface area contributed by atoms with Crippen LogP contribution < -0.4 is 10.6 Å². The number of aromatic nitrogens is 1. The Morgan fingerprint density at radius 1 is 1.00 bits per heavy atom. The predicted octanol–water partition coefficient (Wildman–Crippen LogP) is 5.41. The molecule has 3 aromatic rings. The minimum Gasteiger partial charge on any atom is -0.464 e. The largest absolute Gasteiger partial charge is 0.464 e. The van der Waals surface area contributed by atoms with E-state index in [2.05, 4.69) is 15.6 Å². The first-order valence-corrected chi connectivity index (χ1v) is 14.0. The SMILES string of the molecule is CCCS(=O)(=O)c1cccc(NC(Cc2ccc(NC(=O)c3c(Cl)cncc3Cl)cc2)C(=O)OCC)c1. The van der Waals surface area contributed by atoms with Gasteiger partial charge in [-0.2, -0.15) is 0 Å². The van der Waals surface area contributed by atoms with E-state index in [9.17, 15) is 18.0 Å². The number of esters is 1. The van der Waals surface area contributed by atoms with Crippen LogP contribution in [0.2, 0.25) is 10.0 Å². The summed E-state index contributed by atoms with van der Waals surface area (Å²) in [6.45, 7) is 3.72. The van der Waals surface area contributed by atoms with Gasteiger partial charge in [0.15, 0.2) is 9.84 Å². The molecule has 37 heavy (non-hydrogen) atoms. The smallest absolute Gasteiger partial charge is 0.328 e. The number of halogens is 2. The highest BCUT2D eigenvalue weighted by molar-refractivity contribution is 7.91. The van der Waals surface area contributed by atoms with Crippen molar-refractivity contribution in [2.45, 2.75) is 37.6 Å². The molecule has 0 aliphatic heterocycles. The number of nitrogens with zero attached hydrogens (tertiary/aromatic N) is 1. The van der Waals surface area contributed by atoms with E-state index in [1.165, 1.54) is 24.5 Å². The molecule has 0 aliphatic rings. The summed E-state index contributed by atoms with van der Waals surface area (Å²) in [6, 6.07) is 12.5. The van der Waals surface area contributed by atoms with E-state index in [-0.39, 0.29) is 39.3 Å². The lowest BCUT2D eigenvalue weighted by Gasteiger charge is -2.19. The zero-order valence-corrected chi connectivity index (χ0v) is 22.7. The Labute approximate surface area is 226 Å². The molecule has 0 saturated carbocycles. The summed E-state index contributed by atoms with van der Waals surface area (Å²) in [5, 5.41) is 6.11. The van der Waals surface area contributed by atoms with Crippen LogP contribution in [0.25, 0.3) is 0 Å². The molecule has 1 aromatic heterocycles. The van der Waals surface area contributed by atoms with Gasteiger partial charge in [-0.25, -0.2) is 13.2 Å². The molecule has 2 N–H and O–H groups in total. The minimum atomic E-state index is -3.41. The fraction of sp³-hybridized carbons (Fsp3) is 0.269. The van der Waals surface area contributed by atoms with Crippen LogP contribution in [0.4, 0.5) is 11.4 Å². The molecular formula is C26H27Cl2N3O5S. The van der Waals surface area contributed by atoms with Crippen LogP contribution in [0.15, 0.2) is 65.8 Å². The number of hydrogen-bond acceptors (Lipinski definition) is 7. The van der Waals surface area contributed by atoms with Gasteiger partial charge in [-0.3, -0.25) is 9.78 Å². The van der Waals surface area contributed by atoms with Gasteiger partial charge in [0.1, 0.15) is 6.04 Å². The van der Waals surface area contributed by atoms with Crippen LogP contribution in [0.5, 0.6) is 0 Å². The van der Waals surface area contributed by atoms with Gasteiger partial charge in [0.25, 0.3) is 5.91 Å². The first kappa shape index (κ1) is 28.4.